The number of benzene rings is 2. The highest BCUT2D eigenvalue weighted by Crippen LogP contribution is 2.28. The molecule has 0 radical (unpaired) electrons. The van der Waals surface area contributed by atoms with Gasteiger partial charge in [0.25, 0.3) is 5.91 Å². The number of methoxy groups -OCH3 is 1. The zero-order chi connectivity index (χ0) is 23.8. The lowest BCUT2D eigenvalue weighted by molar-refractivity contribution is 0.0989. The summed E-state index contributed by atoms with van der Waals surface area (Å²) in [4.78, 5) is 18.5. The summed E-state index contributed by atoms with van der Waals surface area (Å²) in [5.41, 5.74) is 3.90. The van der Waals surface area contributed by atoms with Gasteiger partial charge >= 0.3 is 0 Å². The van der Waals surface area contributed by atoms with Crippen LogP contribution in [-0.2, 0) is 0 Å². The first kappa shape index (κ1) is 21.3. The Kier molecular flexibility index (Phi) is 5.29. The highest BCUT2D eigenvalue weighted by molar-refractivity contribution is 6.06. The van der Waals surface area contributed by atoms with Crippen LogP contribution in [0.2, 0.25) is 0 Å². The summed E-state index contributed by atoms with van der Waals surface area (Å²) in [5, 5.41) is 6.75. The van der Waals surface area contributed by atoms with E-state index in [1.54, 1.807) is 24.7 Å². The molecule has 3 aromatic heterocycles. The molecule has 0 aliphatic rings. The Morgan fingerprint density at radius 2 is 1.82 bits per heavy atom. The van der Waals surface area contributed by atoms with Crippen molar-refractivity contribution in [3.8, 4) is 28.1 Å². The fraction of sp³-hybridized carbons (Fsp3) is 0.0800. The van der Waals surface area contributed by atoms with Gasteiger partial charge in [-0.3, -0.25) is 14.3 Å². The number of hydrogen-bond acceptors (Lipinski definition) is 4. The molecule has 1 N–H and O–H groups in total. The maximum atomic E-state index is 15.1. The van der Waals surface area contributed by atoms with Crippen LogP contribution in [0.15, 0.2) is 73.3 Å². The number of ether oxygens (including phenoxy) is 1. The highest BCUT2D eigenvalue weighted by Gasteiger charge is 2.20. The molecule has 0 saturated carbocycles. The molecule has 0 aliphatic heterocycles. The average Bonchev–Trinajstić information content (AvgIpc) is 3.53. The van der Waals surface area contributed by atoms with E-state index in [9.17, 15) is 9.18 Å². The Balaban J connectivity index is 1.47. The Labute approximate surface area is 193 Å². The molecule has 0 aliphatic carbocycles. The summed E-state index contributed by atoms with van der Waals surface area (Å²) in [6, 6.07) is 12.3. The zero-order valence-corrected chi connectivity index (χ0v) is 18.3. The summed E-state index contributed by atoms with van der Waals surface area (Å²) < 4.78 is 35.9. The lowest BCUT2D eigenvalue weighted by Crippen LogP contribution is -2.27. The van der Waals surface area contributed by atoms with E-state index in [0.717, 1.165) is 11.1 Å². The summed E-state index contributed by atoms with van der Waals surface area (Å²) in [7, 11) is 2.81. The molecule has 7 nitrogen and oxygen atoms in total. The van der Waals surface area contributed by atoms with Gasteiger partial charge in [0, 0.05) is 47.9 Å². The SMILES string of the molecule is COc1ccc(N(C)C(=O)c2ccc(-c3cnc4ccc(-c5cn[nH]c5)cn34)cc2F)cc1F. The molecule has 0 spiro atoms. The lowest BCUT2D eigenvalue weighted by Gasteiger charge is -2.18. The van der Waals surface area contributed by atoms with Gasteiger partial charge in [-0.15, -0.1) is 0 Å². The number of aromatic amines is 1. The smallest absolute Gasteiger partial charge is 0.260 e. The number of H-pyrrole nitrogens is 1. The first-order valence-electron chi connectivity index (χ1n) is 10.3. The maximum absolute atomic E-state index is 15.1. The van der Waals surface area contributed by atoms with Crippen molar-refractivity contribution in [2.24, 2.45) is 0 Å². The van der Waals surface area contributed by atoms with Gasteiger partial charge in [0.15, 0.2) is 11.6 Å². The molecule has 1 amide bonds. The van der Waals surface area contributed by atoms with Crippen LogP contribution in [0.4, 0.5) is 14.5 Å². The number of carbonyl (C=O) groups is 1. The predicted molar refractivity (Wildman–Crippen MR) is 124 cm³/mol. The lowest BCUT2D eigenvalue weighted by atomic mass is 10.1. The van der Waals surface area contributed by atoms with Crippen LogP contribution in [-0.4, -0.2) is 39.6 Å². The van der Waals surface area contributed by atoms with Gasteiger partial charge < -0.3 is 9.64 Å². The van der Waals surface area contributed by atoms with Crippen LogP contribution in [0, 0.1) is 11.6 Å². The van der Waals surface area contributed by atoms with Gasteiger partial charge in [-0.1, -0.05) is 6.07 Å². The monoisotopic (exact) mass is 459 g/mol. The van der Waals surface area contributed by atoms with E-state index in [4.69, 9.17) is 4.74 Å². The van der Waals surface area contributed by atoms with Gasteiger partial charge in [0.1, 0.15) is 11.5 Å². The average molecular weight is 459 g/mol. The van der Waals surface area contributed by atoms with E-state index in [-0.39, 0.29) is 17.0 Å². The molecule has 170 valence electrons. The highest BCUT2D eigenvalue weighted by atomic mass is 19.1. The second-order valence-electron chi connectivity index (χ2n) is 7.65. The van der Waals surface area contributed by atoms with Gasteiger partial charge in [0.05, 0.1) is 30.8 Å². The second-order valence-corrected chi connectivity index (χ2v) is 7.65. The number of anilines is 1. The van der Waals surface area contributed by atoms with Crippen molar-refractivity contribution in [1.82, 2.24) is 19.6 Å². The molecule has 0 atom stereocenters. The standard InChI is InChI=1S/C25H19F2N5O2/c1-31(18-5-7-23(34-2)21(27)10-18)25(33)19-6-3-15(9-20(19)26)22-13-28-24-8-4-16(14-32(22)24)17-11-29-30-12-17/h3-14H,1-2H3,(H,29,30). The Bertz CT molecular complexity index is 1510. The molecule has 5 rings (SSSR count). The van der Waals surface area contributed by atoms with Gasteiger partial charge in [0.2, 0.25) is 0 Å². The number of nitrogens with one attached hydrogen (secondary N) is 1. The van der Waals surface area contributed by atoms with Gasteiger partial charge in [-0.05, 0) is 36.4 Å². The van der Waals surface area contributed by atoms with Gasteiger partial charge in [-0.25, -0.2) is 13.8 Å². The zero-order valence-electron chi connectivity index (χ0n) is 18.3. The Morgan fingerprint density at radius 1 is 1.00 bits per heavy atom. The number of halogens is 2. The normalized spacial score (nSPS) is 11.1. The van der Waals surface area contributed by atoms with Crippen LogP contribution in [0.25, 0.3) is 28.0 Å². The van der Waals surface area contributed by atoms with Crippen LogP contribution in [0.3, 0.4) is 0 Å². The third kappa shape index (κ3) is 3.66. The Hall–Kier alpha value is -4.53. The summed E-state index contributed by atoms with van der Waals surface area (Å²) in [6.07, 6.45) is 7.04. The number of rotatable bonds is 5. The van der Waals surface area contributed by atoms with Crippen molar-refractivity contribution < 1.29 is 18.3 Å². The topological polar surface area (TPSA) is 75.5 Å². The van der Waals surface area contributed by atoms with Crippen molar-refractivity contribution in [1.29, 1.82) is 0 Å². The number of amides is 1. The molecule has 5 aromatic rings. The van der Waals surface area contributed by atoms with E-state index in [0.29, 0.717) is 16.9 Å². The minimum atomic E-state index is -0.690. The van der Waals surface area contributed by atoms with Crippen molar-refractivity contribution in [3.63, 3.8) is 0 Å². The first-order valence-corrected chi connectivity index (χ1v) is 10.3. The molecule has 0 fully saturated rings. The van der Waals surface area contributed by atoms with Crippen LogP contribution in [0.1, 0.15) is 10.4 Å². The minimum Gasteiger partial charge on any atom is -0.494 e. The summed E-state index contributed by atoms with van der Waals surface area (Å²) in [6.45, 7) is 0. The third-order valence-electron chi connectivity index (χ3n) is 5.66. The summed E-state index contributed by atoms with van der Waals surface area (Å²) in [5.74, 6) is -1.85. The van der Waals surface area contributed by atoms with Crippen molar-refractivity contribution in [3.05, 3.63) is 90.5 Å². The number of carbonyl (C=O) groups excluding carboxylic acids is 1. The van der Waals surface area contributed by atoms with E-state index in [1.807, 2.05) is 22.7 Å². The second kappa shape index (κ2) is 8.43. The van der Waals surface area contributed by atoms with E-state index in [2.05, 4.69) is 15.2 Å². The number of pyridine rings is 1. The van der Waals surface area contributed by atoms with Crippen molar-refractivity contribution in [2.45, 2.75) is 0 Å². The van der Waals surface area contributed by atoms with E-state index >= 15 is 4.39 Å². The minimum absolute atomic E-state index is 0.0593. The van der Waals surface area contributed by atoms with E-state index in [1.165, 1.54) is 49.4 Å². The van der Waals surface area contributed by atoms with Crippen LogP contribution >= 0.6 is 0 Å². The van der Waals surface area contributed by atoms with Crippen molar-refractivity contribution >= 4 is 17.2 Å². The molecular weight excluding hydrogens is 440 g/mol. The molecule has 34 heavy (non-hydrogen) atoms. The number of imidazole rings is 1. The molecule has 2 aromatic carbocycles. The largest absolute Gasteiger partial charge is 0.494 e. The molecule has 9 heteroatoms. The number of fused-ring (bicyclic) bond motifs is 1. The summed E-state index contributed by atoms with van der Waals surface area (Å²) >= 11 is 0. The molecule has 0 saturated heterocycles. The fourth-order valence-electron chi connectivity index (χ4n) is 3.78. The number of nitrogens with zero attached hydrogens (tertiary/aromatic N) is 4. The quantitative estimate of drug-likeness (QED) is 0.403. The van der Waals surface area contributed by atoms with Crippen LogP contribution < -0.4 is 9.64 Å². The molecule has 3 heterocycles. The molecular formula is C25H19F2N5O2. The van der Waals surface area contributed by atoms with Crippen molar-refractivity contribution in [2.75, 3.05) is 19.1 Å². The maximum Gasteiger partial charge on any atom is 0.260 e. The number of hydrogen-bond donors (Lipinski definition) is 1. The predicted octanol–water partition coefficient (Wildman–Crippen LogP) is 4.95. The van der Waals surface area contributed by atoms with Gasteiger partial charge in [-0.2, -0.15) is 5.10 Å². The fourth-order valence-corrected chi connectivity index (χ4v) is 3.78. The third-order valence-corrected chi connectivity index (χ3v) is 5.66. The first-order chi connectivity index (χ1) is 16.5. The molecule has 0 unspecified atom stereocenters. The molecule has 0 bridgehead atoms. The Morgan fingerprint density at radius 3 is 2.53 bits per heavy atom. The van der Waals surface area contributed by atoms with E-state index < -0.39 is 17.5 Å². The van der Waals surface area contributed by atoms with Crippen LogP contribution in [0.5, 0.6) is 5.75 Å². The number of aromatic nitrogens is 4.